The molecule has 2 bridgehead atoms. The van der Waals surface area contributed by atoms with E-state index in [0.29, 0.717) is 12.3 Å². The van der Waals surface area contributed by atoms with Crippen molar-refractivity contribution in [1.29, 1.82) is 0 Å². The Morgan fingerprint density at radius 3 is 2.60 bits per heavy atom. The molecule has 20 heavy (non-hydrogen) atoms. The summed E-state index contributed by atoms with van der Waals surface area (Å²) < 4.78 is 5.65. The summed E-state index contributed by atoms with van der Waals surface area (Å²) in [6.45, 7) is 3.18. The summed E-state index contributed by atoms with van der Waals surface area (Å²) in [4.78, 5) is 14.5. The Hall–Kier alpha value is -1.39. The van der Waals surface area contributed by atoms with Crippen molar-refractivity contribution < 1.29 is 9.53 Å². The molecule has 3 saturated heterocycles. The quantitative estimate of drug-likeness (QED) is 0.838. The summed E-state index contributed by atoms with van der Waals surface area (Å²) in [6.07, 6.45) is 2.88. The molecule has 1 aromatic carbocycles. The Bertz CT molecular complexity index is 455. The fourth-order valence-electron chi connectivity index (χ4n) is 3.23. The predicted molar refractivity (Wildman–Crippen MR) is 77.2 cm³/mol. The van der Waals surface area contributed by atoms with E-state index in [9.17, 15) is 4.79 Å². The van der Waals surface area contributed by atoms with E-state index >= 15 is 0 Å². The van der Waals surface area contributed by atoms with Gasteiger partial charge in [0.05, 0.1) is 0 Å². The van der Waals surface area contributed by atoms with Gasteiger partial charge >= 0.3 is 5.97 Å². The lowest BCUT2D eigenvalue weighted by molar-refractivity contribution is -0.160. The van der Waals surface area contributed by atoms with Gasteiger partial charge in [-0.2, -0.15) is 0 Å². The first-order chi connectivity index (χ1) is 9.72. The van der Waals surface area contributed by atoms with E-state index in [2.05, 4.69) is 4.90 Å². The molecular formula is C16H22N2O2. The third kappa shape index (κ3) is 3.02. The summed E-state index contributed by atoms with van der Waals surface area (Å²) in [5, 5.41) is 0. The molecular weight excluding hydrogens is 252 g/mol. The van der Waals surface area contributed by atoms with Gasteiger partial charge in [-0.3, -0.25) is 9.69 Å². The van der Waals surface area contributed by atoms with Gasteiger partial charge in [-0.1, -0.05) is 30.3 Å². The normalized spacial score (nSPS) is 29.9. The molecule has 3 aliphatic rings. The van der Waals surface area contributed by atoms with E-state index in [0.717, 1.165) is 38.0 Å². The number of esters is 1. The number of nitrogens with zero attached hydrogens (tertiary/aromatic N) is 1. The van der Waals surface area contributed by atoms with E-state index in [1.54, 1.807) is 0 Å². The molecule has 4 heteroatoms. The molecule has 2 N–H and O–H groups in total. The number of carbonyl (C=O) groups excluding carboxylic acids is 1. The maximum Gasteiger partial charge on any atom is 0.323 e. The first kappa shape index (κ1) is 13.6. The second-order valence-electron chi connectivity index (χ2n) is 5.91. The van der Waals surface area contributed by atoms with Gasteiger partial charge in [0.1, 0.15) is 12.1 Å². The van der Waals surface area contributed by atoms with Gasteiger partial charge in [-0.05, 0) is 43.8 Å². The second-order valence-corrected chi connectivity index (χ2v) is 5.91. The summed E-state index contributed by atoms with van der Waals surface area (Å²) in [6, 6.07) is 9.29. The van der Waals surface area contributed by atoms with Crippen molar-refractivity contribution in [2.75, 3.05) is 19.6 Å². The summed E-state index contributed by atoms with van der Waals surface area (Å²) in [7, 11) is 0. The topological polar surface area (TPSA) is 55.6 Å². The maximum atomic E-state index is 12.1. The molecule has 0 aliphatic carbocycles. The molecule has 3 heterocycles. The second kappa shape index (κ2) is 5.94. The smallest absolute Gasteiger partial charge is 0.323 e. The zero-order chi connectivity index (χ0) is 13.9. The van der Waals surface area contributed by atoms with Crippen molar-refractivity contribution in [3.05, 3.63) is 35.9 Å². The van der Waals surface area contributed by atoms with Crippen LogP contribution in [0.5, 0.6) is 0 Å². The van der Waals surface area contributed by atoms with Crippen LogP contribution >= 0.6 is 0 Å². The van der Waals surface area contributed by atoms with Crippen LogP contribution in [0.3, 0.4) is 0 Å². The minimum absolute atomic E-state index is 0.0480. The Morgan fingerprint density at radius 2 is 2.00 bits per heavy atom. The number of hydrogen-bond donors (Lipinski definition) is 1. The minimum Gasteiger partial charge on any atom is -0.460 e. The minimum atomic E-state index is -0.562. The average molecular weight is 274 g/mol. The maximum absolute atomic E-state index is 12.1. The molecule has 0 amide bonds. The molecule has 1 aromatic rings. The molecule has 108 valence electrons. The van der Waals surface area contributed by atoms with Gasteiger partial charge in [0.25, 0.3) is 0 Å². The van der Waals surface area contributed by atoms with Crippen molar-refractivity contribution in [2.24, 2.45) is 11.7 Å². The van der Waals surface area contributed by atoms with E-state index in [4.69, 9.17) is 10.5 Å². The number of piperidine rings is 3. The van der Waals surface area contributed by atoms with Crippen molar-refractivity contribution in [3.63, 3.8) is 0 Å². The molecule has 0 spiro atoms. The Balaban J connectivity index is 1.54. The Labute approximate surface area is 119 Å². The van der Waals surface area contributed by atoms with E-state index < -0.39 is 6.04 Å². The number of ether oxygens (including phenoxy) is 1. The first-order valence-electron chi connectivity index (χ1n) is 7.45. The lowest BCUT2D eigenvalue weighted by Gasteiger charge is -2.44. The van der Waals surface area contributed by atoms with Gasteiger partial charge in [0, 0.05) is 6.54 Å². The molecule has 3 aliphatic heterocycles. The monoisotopic (exact) mass is 274 g/mol. The first-order valence-corrected chi connectivity index (χ1v) is 7.45. The lowest BCUT2D eigenvalue weighted by atomic mass is 9.86. The van der Waals surface area contributed by atoms with Gasteiger partial charge in [-0.15, -0.1) is 0 Å². The van der Waals surface area contributed by atoms with Crippen LogP contribution < -0.4 is 5.73 Å². The van der Waals surface area contributed by atoms with E-state index in [1.165, 1.54) is 0 Å². The summed E-state index contributed by atoms with van der Waals surface area (Å²) in [5.41, 5.74) is 7.05. The highest BCUT2D eigenvalue weighted by atomic mass is 16.5. The number of nitrogens with two attached hydrogens (primary N) is 1. The molecule has 0 unspecified atom stereocenters. The standard InChI is InChI=1S/C16H22N2O2/c17-14(10-12-4-2-1-3-5-12)16(19)20-15-11-18-8-6-13(15)7-9-18/h1-5,13-15H,6-11,17H2/t14-,15-/m0/s1. The zero-order valence-electron chi connectivity index (χ0n) is 11.7. The molecule has 0 aromatic heterocycles. The molecule has 4 nitrogen and oxygen atoms in total. The van der Waals surface area contributed by atoms with E-state index in [1.807, 2.05) is 30.3 Å². The van der Waals surface area contributed by atoms with Crippen molar-refractivity contribution >= 4 is 5.97 Å². The molecule has 0 saturated carbocycles. The molecule has 3 fully saturated rings. The summed E-state index contributed by atoms with van der Waals surface area (Å²) >= 11 is 0. The van der Waals surface area contributed by atoms with Gasteiger partial charge in [0.15, 0.2) is 0 Å². The fourth-order valence-corrected chi connectivity index (χ4v) is 3.23. The van der Waals surface area contributed by atoms with Gasteiger partial charge < -0.3 is 10.5 Å². The van der Waals surface area contributed by atoms with Gasteiger partial charge in [0.2, 0.25) is 0 Å². The largest absolute Gasteiger partial charge is 0.460 e. The van der Waals surface area contributed by atoms with Crippen LogP contribution in [0.15, 0.2) is 30.3 Å². The van der Waals surface area contributed by atoms with Crippen molar-refractivity contribution in [1.82, 2.24) is 4.90 Å². The van der Waals surface area contributed by atoms with Crippen molar-refractivity contribution in [3.8, 4) is 0 Å². The SMILES string of the molecule is N[C@@H](Cc1ccccc1)C(=O)O[C@H]1CN2CCC1CC2. The number of hydrogen-bond acceptors (Lipinski definition) is 4. The van der Waals surface area contributed by atoms with Crippen LogP contribution in [0.1, 0.15) is 18.4 Å². The Morgan fingerprint density at radius 1 is 1.30 bits per heavy atom. The zero-order valence-corrected chi connectivity index (χ0v) is 11.7. The van der Waals surface area contributed by atoms with Crippen LogP contribution in [0.25, 0.3) is 0 Å². The fraction of sp³-hybridized carbons (Fsp3) is 0.562. The Kier molecular flexibility index (Phi) is 4.03. The highest BCUT2D eigenvalue weighted by Gasteiger charge is 2.37. The molecule has 4 rings (SSSR count). The third-order valence-corrected chi connectivity index (χ3v) is 4.46. The van der Waals surface area contributed by atoms with Crippen LogP contribution in [-0.2, 0) is 16.0 Å². The van der Waals surface area contributed by atoms with Crippen LogP contribution in [0.4, 0.5) is 0 Å². The van der Waals surface area contributed by atoms with Crippen LogP contribution in [0.2, 0.25) is 0 Å². The highest BCUT2D eigenvalue weighted by Crippen LogP contribution is 2.29. The van der Waals surface area contributed by atoms with E-state index in [-0.39, 0.29) is 12.1 Å². The highest BCUT2D eigenvalue weighted by molar-refractivity contribution is 5.76. The third-order valence-electron chi connectivity index (χ3n) is 4.46. The van der Waals surface area contributed by atoms with Gasteiger partial charge in [-0.25, -0.2) is 0 Å². The lowest BCUT2D eigenvalue weighted by Crippen LogP contribution is -2.53. The molecule has 2 atom stereocenters. The van der Waals surface area contributed by atoms with Crippen molar-refractivity contribution in [2.45, 2.75) is 31.4 Å². The predicted octanol–water partition coefficient (Wildman–Crippen LogP) is 1.19. The number of fused-ring (bicyclic) bond motifs is 3. The number of rotatable bonds is 4. The molecule has 0 radical (unpaired) electrons. The number of carbonyl (C=O) groups is 1. The average Bonchev–Trinajstić information content (AvgIpc) is 2.49. The van der Waals surface area contributed by atoms with Crippen LogP contribution in [-0.4, -0.2) is 42.6 Å². The number of benzene rings is 1. The van der Waals surface area contributed by atoms with Crippen LogP contribution in [0, 0.1) is 5.92 Å². The summed E-state index contributed by atoms with van der Waals surface area (Å²) in [5.74, 6) is 0.278.